The van der Waals surface area contributed by atoms with Crippen LogP contribution < -0.4 is 5.32 Å². The molecule has 1 aliphatic carbocycles. The average molecular weight is 383 g/mol. The minimum atomic E-state index is -4.46. The van der Waals surface area contributed by atoms with Crippen molar-refractivity contribution in [3.05, 3.63) is 47.0 Å². The quantitative estimate of drug-likeness (QED) is 0.828. The lowest BCUT2D eigenvalue weighted by Gasteiger charge is -2.22. The topological polar surface area (TPSA) is 62.3 Å². The smallest absolute Gasteiger partial charge is 0.329 e. The minimum absolute atomic E-state index is 0.126. The van der Waals surface area contributed by atoms with E-state index >= 15 is 0 Å². The standard InChI is InChI=1S/C17H16F3N3O2S/c18-17(19,20)13-5-3-12(4-6-13)15(25)23(9-11-1-2-11)10-14(24)22-16-21-7-8-26-16/h3-8,11H,1-2,9-10H2,(H,21,22,24). The molecule has 5 nitrogen and oxygen atoms in total. The molecule has 1 N–H and O–H groups in total. The fourth-order valence-corrected chi connectivity index (χ4v) is 2.98. The lowest BCUT2D eigenvalue weighted by molar-refractivity contribution is -0.137. The molecule has 0 atom stereocenters. The van der Waals surface area contributed by atoms with Gasteiger partial charge in [0.05, 0.1) is 5.56 Å². The fourth-order valence-electron chi connectivity index (χ4n) is 2.43. The third-order valence-electron chi connectivity index (χ3n) is 3.94. The second-order valence-corrected chi connectivity index (χ2v) is 6.98. The van der Waals surface area contributed by atoms with Gasteiger partial charge in [-0.2, -0.15) is 13.2 Å². The zero-order valence-electron chi connectivity index (χ0n) is 13.6. The lowest BCUT2D eigenvalue weighted by atomic mass is 10.1. The van der Waals surface area contributed by atoms with Crippen molar-refractivity contribution in [1.82, 2.24) is 9.88 Å². The SMILES string of the molecule is O=C(CN(CC1CC1)C(=O)c1ccc(C(F)(F)F)cc1)Nc1nccs1. The van der Waals surface area contributed by atoms with Gasteiger partial charge in [-0.3, -0.25) is 9.59 Å². The van der Waals surface area contributed by atoms with Crippen molar-refractivity contribution in [2.24, 2.45) is 5.92 Å². The number of carbonyl (C=O) groups is 2. The maximum Gasteiger partial charge on any atom is 0.416 e. The first kappa shape index (κ1) is 18.4. The summed E-state index contributed by atoms with van der Waals surface area (Å²) in [5.41, 5.74) is -0.690. The molecule has 2 aromatic rings. The molecule has 138 valence electrons. The van der Waals surface area contributed by atoms with Crippen LogP contribution in [0.5, 0.6) is 0 Å². The van der Waals surface area contributed by atoms with E-state index in [1.54, 1.807) is 11.6 Å². The van der Waals surface area contributed by atoms with Crippen LogP contribution in [-0.2, 0) is 11.0 Å². The van der Waals surface area contributed by atoms with Crippen LogP contribution in [0.4, 0.5) is 18.3 Å². The summed E-state index contributed by atoms with van der Waals surface area (Å²) in [6.07, 6.45) is -0.950. The molecule has 0 bridgehead atoms. The Hall–Kier alpha value is -2.42. The molecule has 2 amide bonds. The van der Waals surface area contributed by atoms with Gasteiger partial charge >= 0.3 is 6.18 Å². The summed E-state index contributed by atoms with van der Waals surface area (Å²) in [4.78, 5) is 30.1. The van der Waals surface area contributed by atoms with Gasteiger partial charge < -0.3 is 10.2 Å². The summed E-state index contributed by atoms with van der Waals surface area (Å²) in [5.74, 6) is -0.512. The number of rotatable bonds is 6. The lowest BCUT2D eigenvalue weighted by Crippen LogP contribution is -2.39. The molecule has 1 aromatic heterocycles. The largest absolute Gasteiger partial charge is 0.416 e. The van der Waals surface area contributed by atoms with Crippen LogP contribution in [0.1, 0.15) is 28.8 Å². The van der Waals surface area contributed by atoms with Crippen LogP contribution >= 0.6 is 11.3 Å². The maximum absolute atomic E-state index is 12.7. The molecule has 26 heavy (non-hydrogen) atoms. The number of thiazole rings is 1. The molecule has 9 heteroatoms. The number of hydrogen-bond donors (Lipinski definition) is 1. The van der Waals surface area contributed by atoms with Gasteiger partial charge in [-0.05, 0) is 43.0 Å². The van der Waals surface area contributed by atoms with Crippen molar-refractivity contribution in [1.29, 1.82) is 0 Å². The van der Waals surface area contributed by atoms with E-state index in [0.29, 0.717) is 17.6 Å². The zero-order valence-corrected chi connectivity index (χ0v) is 14.4. The Labute approximate surface area is 151 Å². The van der Waals surface area contributed by atoms with Crippen LogP contribution in [0.3, 0.4) is 0 Å². The number of alkyl halides is 3. The number of halogens is 3. The van der Waals surface area contributed by atoms with Crippen LogP contribution in [0, 0.1) is 5.92 Å². The molecule has 0 radical (unpaired) electrons. The number of hydrogen-bond acceptors (Lipinski definition) is 4. The molecule has 1 saturated carbocycles. The highest BCUT2D eigenvalue weighted by Gasteiger charge is 2.31. The summed E-state index contributed by atoms with van der Waals surface area (Å²) in [6, 6.07) is 4.03. The van der Waals surface area contributed by atoms with E-state index in [0.717, 1.165) is 37.1 Å². The normalized spacial score (nSPS) is 14.1. The van der Waals surface area contributed by atoms with E-state index in [9.17, 15) is 22.8 Å². The summed E-state index contributed by atoms with van der Waals surface area (Å²) in [5, 5.41) is 4.75. The van der Waals surface area contributed by atoms with E-state index in [1.807, 2.05) is 0 Å². The third-order valence-corrected chi connectivity index (χ3v) is 4.62. The highest BCUT2D eigenvalue weighted by Crippen LogP contribution is 2.31. The molecule has 0 unspecified atom stereocenters. The number of anilines is 1. The van der Waals surface area contributed by atoms with Gasteiger partial charge in [0.2, 0.25) is 5.91 Å². The van der Waals surface area contributed by atoms with Crippen molar-refractivity contribution in [2.75, 3.05) is 18.4 Å². The number of nitrogens with zero attached hydrogens (tertiary/aromatic N) is 2. The fraction of sp³-hybridized carbons (Fsp3) is 0.353. The second kappa shape index (κ2) is 7.45. The monoisotopic (exact) mass is 383 g/mol. The van der Waals surface area contributed by atoms with Gasteiger partial charge in [0.25, 0.3) is 5.91 Å². The van der Waals surface area contributed by atoms with E-state index in [2.05, 4.69) is 10.3 Å². The Morgan fingerprint density at radius 2 is 1.92 bits per heavy atom. The molecule has 1 aromatic carbocycles. The Bertz CT molecular complexity index is 772. The molecule has 0 spiro atoms. The Balaban J connectivity index is 1.69. The Kier molecular flexibility index (Phi) is 5.26. The van der Waals surface area contributed by atoms with Gasteiger partial charge in [0, 0.05) is 23.7 Å². The van der Waals surface area contributed by atoms with E-state index < -0.39 is 17.6 Å². The van der Waals surface area contributed by atoms with Crippen molar-refractivity contribution < 1.29 is 22.8 Å². The Morgan fingerprint density at radius 1 is 1.23 bits per heavy atom. The summed E-state index contributed by atoms with van der Waals surface area (Å²) in [7, 11) is 0. The van der Waals surface area contributed by atoms with Crippen LogP contribution in [0.2, 0.25) is 0 Å². The van der Waals surface area contributed by atoms with Crippen LogP contribution in [0.15, 0.2) is 35.8 Å². The number of aromatic nitrogens is 1. The Morgan fingerprint density at radius 3 is 2.46 bits per heavy atom. The predicted octanol–water partition coefficient (Wildman–Crippen LogP) is 3.65. The minimum Gasteiger partial charge on any atom is -0.329 e. The van der Waals surface area contributed by atoms with Crippen LogP contribution in [-0.4, -0.2) is 34.8 Å². The summed E-state index contributed by atoms with van der Waals surface area (Å²) >= 11 is 1.26. The first-order valence-electron chi connectivity index (χ1n) is 7.99. The van der Waals surface area contributed by atoms with Crippen molar-refractivity contribution in [3.8, 4) is 0 Å². The molecule has 1 fully saturated rings. The highest BCUT2D eigenvalue weighted by molar-refractivity contribution is 7.13. The maximum atomic E-state index is 12.7. The van der Waals surface area contributed by atoms with Gasteiger partial charge in [-0.15, -0.1) is 11.3 Å². The van der Waals surface area contributed by atoms with Gasteiger partial charge in [0.1, 0.15) is 6.54 Å². The number of amides is 2. The van der Waals surface area contributed by atoms with Gasteiger partial charge in [0.15, 0.2) is 5.13 Å². The number of benzene rings is 1. The number of nitrogens with one attached hydrogen (secondary N) is 1. The molecular formula is C17H16F3N3O2S. The molecule has 0 aliphatic heterocycles. The molecule has 1 aliphatic rings. The van der Waals surface area contributed by atoms with Crippen molar-refractivity contribution in [2.45, 2.75) is 19.0 Å². The van der Waals surface area contributed by atoms with Gasteiger partial charge in [-0.25, -0.2) is 4.98 Å². The third kappa shape index (κ3) is 4.81. The van der Waals surface area contributed by atoms with E-state index in [4.69, 9.17) is 0 Å². The van der Waals surface area contributed by atoms with Crippen molar-refractivity contribution >= 4 is 28.3 Å². The first-order valence-corrected chi connectivity index (χ1v) is 8.87. The van der Waals surface area contributed by atoms with Gasteiger partial charge in [-0.1, -0.05) is 0 Å². The number of carbonyl (C=O) groups excluding carboxylic acids is 2. The van der Waals surface area contributed by atoms with Crippen molar-refractivity contribution in [3.63, 3.8) is 0 Å². The molecule has 1 heterocycles. The van der Waals surface area contributed by atoms with E-state index in [1.165, 1.54) is 16.2 Å². The molecular weight excluding hydrogens is 367 g/mol. The molecule has 3 rings (SSSR count). The summed E-state index contributed by atoms with van der Waals surface area (Å²) in [6.45, 7) is 0.237. The summed E-state index contributed by atoms with van der Waals surface area (Å²) < 4.78 is 38.0. The predicted molar refractivity (Wildman–Crippen MR) is 90.8 cm³/mol. The van der Waals surface area contributed by atoms with Crippen LogP contribution in [0.25, 0.3) is 0 Å². The first-order chi connectivity index (χ1) is 12.3. The van der Waals surface area contributed by atoms with E-state index in [-0.39, 0.29) is 18.0 Å². The highest BCUT2D eigenvalue weighted by atomic mass is 32.1. The molecule has 0 saturated heterocycles. The average Bonchev–Trinajstić information content (AvgIpc) is 3.26. The zero-order chi connectivity index (χ0) is 18.7. The second-order valence-electron chi connectivity index (χ2n) is 6.09.